The monoisotopic (exact) mass is 232 g/mol. The number of hydrogen-bond acceptors (Lipinski definition) is 3. The molecule has 2 aromatic heterocycles. The highest BCUT2D eigenvalue weighted by molar-refractivity contribution is 5.91. The van der Waals surface area contributed by atoms with Crippen LogP contribution >= 0.6 is 0 Å². The zero-order chi connectivity index (χ0) is 12.6. The van der Waals surface area contributed by atoms with Gasteiger partial charge in [0.15, 0.2) is 0 Å². The van der Waals surface area contributed by atoms with E-state index in [9.17, 15) is 9.59 Å². The van der Waals surface area contributed by atoms with Crippen molar-refractivity contribution in [1.82, 2.24) is 14.5 Å². The van der Waals surface area contributed by atoms with E-state index in [1.165, 1.54) is 10.8 Å². The van der Waals surface area contributed by atoms with E-state index in [1.54, 1.807) is 26.2 Å². The number of nitrogens with one attached hydrogen (secondary N) is 1. The first-order valence-corrected chi connectivity index (χ1v) is 5.02. The van der Waals surface area contributed by atoms with E-state index in [0.717, 1.165) is 5.56 Å². The third-order valence-electron chi connectivity index (χ3n) is 2.47. The van der Waals surface area contributed by atoms with Gasteiger partial charge < -0.3 is 15.3 Å². The van der Waals surface area contributed by atoms with Crippen LogP contribution in [0.25, 0.3) is 11.4 Å². The number of nitrogens with two attached hydrogens (primary N) is 1. The van der Waals surface area contributed by atoms with E-state index in [0.29, 0.717) is 11.4 Å². The maximum Gasteiger partial charge on any atom is 0.268 e. The van der Waals surface area contributed by atoms with Gasteiger partial charge in [0.05, 0.1) is 0 Å². The van der Waals surface area contributed by atoms with Crippen molar-refractivity contribution in [1.29, 1.82) is 0 Å². The van der Waals surface area contributed by atoms with Gasteiger partial charge in [-0.3, -0.25) is 9.59 Å². The van der Waals surface area contributed by atoms with Crippen molar-refractivity contribution in [2.45, 2.75) is 6.92 Å². The number of rotatable bonds is 2. The van der Waals surface area contributed by atoms with Crippen LogP contribution in [0.5, 0.6) is 0 Å². The van der Waals surface area contributed by atoms with Crippen molar-refractivity contribution in [3.63, 3.8) is 0 Å². The Kier molecular flexibility index (Phi) is 2.55. The van der Waals surface area contributed by atoms with Crippen molar-refractivity contribution in [2.75, 3.05) is 0 Å². The minimum atomic E-state index is -0.589. The van der Waals surface area contributed by atoms with Crippen molar-refractivity contribution < 1.29 is 4.79 Å². The first-order valence-electron chi connectivity index (χ1n) is 5.02. The molecule has 88 valence electrons. The fraction of sp³-hybridized carbons (Fsp3) is 0.182. The summed E-state index contributed by atoms with van der Waals surface area (Å²) in [5, 5.41) is 0. The number of imidazole rings is 1. The van der Waals surface area contributed by atoms with Gasteiger partial charge in [-0.15, -0.1) is 0 Å². The molecular weight excluding hydrogens is 220 g/mol. The molecule has 0 aliphatic carbocycles. The number of carbonyl (C=O) groups excluding carboxylic acids is 1. The second-order valence-electron chi connectivity index (χ2n) is 3.83. The van der Waals surface area contributed by atoms with Gasteiger partial charge in [0.25, 0.3) is 11.5 Å². The third kappa shape index (κ3) is 1.96. The number of H-pyrrole nitrogens is 1. The molecule has 0 saturated carbocycles. The van der Waals surface area contributed by atoms with Crippen LogP contribution in [0.1, 0.15) is 16.1 Å². The lowest BCUT2D eigenvalue weighted by molar-refractivity contribution is 0.0996. The van der Waals surface area contributed by atoms with Crippen LogP contribution in [-0.2, 0) is 7.05 Å². The maximum atomic E-state index is 11.5. The van der Waals surface area contributed by atoms with Gasteiger partial charge in [-0.2, -0.15) is 0 Å². The second kappa shape index (κ2) is 3.89. The van der Waals surface area contributed by atoms with E-state index in [2.05, 4.69) is 9.97 Å². The Labute approximate surface area is 97.1 Å². The third-order valence-corrected chi connectivity index (χ3v) is 2.47. The number of aromatic nitrogens is 3. The fourth-order valence-corrected chi connectivity index (χ4v) is 1.60. The summed E-state index contributed by atoms with van der Waals surface area (Å²) in [6.45, 7) is 1.73. The van der Waals surface area contributed by atoms with Crippen LogP contribution in [0.15, 0.2) is 23.3 Å². The molecule has 6 nitrogen and oxygen atoms in total. The predicted octanol–water partition coefficient (Wildman–Crippen LogP) is 0.183. The van der Waals surface area contributed by atoms with E-state index < -0.39 is 5.91 Å². The Balaban J connectivity index is 2.53. The largest absolute Gasteiger partial charge is 0.364 e. The van der Waals surface area contributed by atoms with Crippen LogP contribution in [0.2, 0.25) is 0 Å². The molecule has 0 unspecified atom stereocenters. The standard InChI is InChI=1S/C11H12N4O2/c1-6-3-7(5-15(2)11(6)17)10-13-4-8(14-10)9(12)16/h3-5H,1-2H3,(H2,12,16)(H,13,14). The fourth-order valence-electron chi connectivity index (χ4n) is 1.60. The molecule has 0 radical (unpaired) electrons. The first kappa shape index (κ1) is 11.1. The number of primary amides is 1. The lowest BCUT2D eigenvalue weighted by atomic mass is 10.2. The van der Waals surface area contributed by atoms with E-state index >= 15 is 0 Å². The highest BCUT2D eigenvalue weighted by Gasteiger charge is 2.09. The van der Waals surface area contributed by atoms with Crippen molar-refractivity contribution in [3.05, 3.63) is 40.1 Å². The predicted molar refractivity (Wildman–Crippen MR) is 62.5 cm³/mol. The number of aryl methyl sites for hydroxylation is 2. The van der Waals surface area contributed by atoms with Crippen LogP contribution in [0, 0.1) is 6.92 Å². The number of carbonyl (C=O) groups is 1. The van der Waals surface area contributed by atoms with Gasteiger partial charge in [0.2, 0.25) is 0 Å². The molecular formula is C11H12N4O2. The summed E-state index contributed by atoms with van der Waals surface area (Å²) in [4.78, 5) is 29.3. The average Bonchev–Trinajstić information content (AvgIpc) is 2.74. The van der Waals surface area contributed by atoms with Gasteiger partial charge >= 0.3 is 0 Å². The highest BCUT2D eigenvalue weighted by Crippen LogP contribution is 2.14. The summed E-state index contributed by atoms with van der Waals surface area (Å²) in [6.07, 6.45) is 3.09. The normalized spacial score (nSPS) is 10.5. The maximum absolute atomic E-state index is 11.5. The summed E-state index contributed by atoms with van der Waals surface area (Å²) in [7, 11) is 1.66. The van der Waals surface area contributed by atoms with E-state index in [-0.39, 0.29) is 11.3 Å². The lowest BCUT2D eigenvalue weighted by Crippen LogP contribution is -2.18. The van der Waals surface area contributed by atoms with E-state index in [4.69, 9.17) is 5.73 Å². The summed E-state index contributed by atoms with van der Waals surface area (Å²) in [6, 6.07) is 1.71. The molecule has 0 atom stereocenters. The Morgan fingerprint density at radius 1 is 1.53 bits per heavy atom. The van der Waals surface area contributed by atoms with Gasteiger partial charge in [0.1, 0.15) is 11.5 Å². The summed E-state index contributed by atoms with van der Waals surface area (Å²) in [5.41, 5.74) is 6.57. The minimum absolute atomic E-state index is 0.0598. The molecule has 1 amide bonds. The SMILES string of the molecule is Cc1cc(-c2nc(C(N)=O)c[nH]2)cn(C)c1=O. The quantitative estimate of drug-likeness (QED) is 0.773. The number of aromatic amines is 1. The second-order valence-corrected chi connectivity index (χ2v) is 3.83. The van der Waals surface area contributed by atoms with Crippen molar-refractivity contribution in [2.24, 2.45) is 12.8 Å². The summed E-state index contributed by atoms with van der Waals surface area (Å²) < 4.78 is 1.47. The van der Waals surface area contributed by atoms with Gasteiger partial charge in [-0.25, -0.2) is 4.98 Å². The molecule has 0 aliphatic rings. The molecule has 2 rings (SSSR count). The molecule has 3 N–H and O–H groups in total. The zero-order valence-corrected chi connectivity index (χ0v) is 9.52. The molecule has 0 fully saturated rings. The average molecular weight is 232 g/mol. The molecule has 2 heterocycles. The number of hydrogen-bond donors (Lipinski definition) is 2. The highest BCUT2D eigenvalue weighted by atomic mass is 16.1. The molecule has 17 heavy (non-hydrogen) atoms. The lowest BCUT2D eigenvalue weighted by Gasteiger charge is -2.03. The molecule has 0 aromatic carbocycles. The molecule has 0 spiro atoms. The minimum Gasteiger partial charge on any atom is -0.364 e. The van der Waals surface area contributed by atoms with Crippen LogP contribution in [0.3, 0.4) is 0 Å². The van der Waals surface area contributed by atoms with Gasteiger partial charge in [0, 0.05) is 30.6 Å². The molecule has 0 aliphatic heterocycles. The number of nitrogens with zero attached hydrogens (tertiary/aromatic N) is 2. The Morgan fingerprint density at radius 3 is 2.76 bits per heavy atom. The molecule has 2 aromatic rings. The van der Waals surface area contributed by atoms with Crippen LogP contribution in [0.4, 0.5) is 0 Å². The van der Waals surface area contributed by atoms with Crippen LogP contribution in [-0.4, -0.2) is 20.4 Å². The number of pyridine rings is 1. The molecule has 0 saturated heterocycles. The Hall–Kier alpha value is -2.37. The summed E-state index contributed by atoms with van der Waals surface area (Å²) in [5.74, 6) is -0.0773. The van der Waals surface area contributed by atoms with Crippen molar-refractivity contribution in [3.8, 4) is 11.4 Å². The molecule has 0 bridgehead atoms. The van der Waals surface area contributed by atoms with Gasteiger partial charge in [-0.05, 0) is 13.0 Å². The van der Waals surface area contributed by atoms with E-state index in [1.807, 2.05) is 0 Å². The first-order chi connectivity index (χ1) is 7.99. The number of amides is 1. The Bertz CT molecular complexity index is 613. The Morgan fingerprint density at radius 2 is 2.24 bits per heavy atom. The topological polar surface area (TPSA) is 93.8 Å². The molecule has 6 heteroatoms. The summed E-state index contributed by atoms with van der Waals surface area (Å²) >= 11 is 0. The van der Waals surface area contributed by atoms with Crippen molar-refractivity contribution >= 4 is 5.91 Å². The van der Waals surface area contributed by atoms with Crippen LogP contribution < -0.4 is 11.3 Å². The smallest absolute Gasteiger partial charge is 0.268 e. The zero-order valence-electron chi connectivity index (χ0n) is 9.52. The van der Waals surface area contributed by atoms with Gasteiger partial charge in [-0.1, -0.05) is 0 Å².